The molecule has 1 aromatic heterocycles. The van der Waals surface area contributed by atoms with Crippen LogP contribution in [-0.2, 0) is 4.79 Å². The number of hydrogen-bond acceptors (Lipinski definition) is 2. The maximum Gasteiger partial charge on any atom is 0.226 e. The van der Waals surface area contributed by atoms with Gasteiger partial charge in [0.1, 0.15) is 5.82 Å². The lowest BCUT2D eigenvalue weighted by molar-refractivity contribution is -0.116. The molecule has 16 heavy (non-hydrogen) atoms. The minimum atomic E-state index is 0.0540. The van der Waals surface area contributed by atoms with E-state index in [0.29, 0.717) is 18.2 Å². The van der Waals surface area contributed by atoms with Crippen molar-refractivity contribution < 1.29 is 4.79 Å². The lowest BCUT2D eigenvalue weighted by Crippen LogP contribution is -2.16. The number of rotatable bonds is 3. The van der Waals surface area contributed by atoms with Gasteiger partial charge in [-0.25, -0.2) is 4.98 Å². The van der Waals surface area contributed by atoms with Crippen molar-refractivity contribution in [3.05, 3.63) is 36.0 Å². The Morgan fingerprint density at radius 2 is 2.50 bits per heavy atom. The van der Waals surface area contributed by atoms with Gasteiger partial charge in [0.05, 0.1) is 0 Å². The highest BCUT2D eigenvalue weighted by molar-refractivity contribution is 5.90. The first kappa shape index (κ1) is 10.9. The molecular weight excluding hydrogens is 200 g/mol. The summed E-state index contributed by atoms with van der Waals surface area (Å²) in [5.74, 6) is 1.14. The number of hydrogen-bond donors (Lipinski definition) is 1. The number of carbonyl (C=O) groups excluding carboxylic acids is 1. The van der Waals surface area contributed by atoms with Crippen molar-refractivity contribution in [2.75, 3.05) is 5.32 Å². The Bertz CT molecular complexity index is 412. The zero-order valence-electron chi connectivity index (χ0n) is 9.44. The zero-order chi connectivity index (χ0) is 11.4. The van der Waals surface area contributed by atoms with Gasteiger partial charge in [0.25, 0.3) is 0 Å². The molecule has 0 aromatic carbocycles. The van der Waals surface area contributed by atoms with Crippen molar-refractivity contribution in [2.24, 2.45) is 5.92 Å². The van der Waals surface area contributed by atoms with Crippen molar-refractivity contribution in [3.63, 3.8) is 0 Å². The molecule has 1 unspecified atom stereocenters. The average molecular weight is 216 g/mol. The van der Waals surface area contributed by atoms with Crippen molar-refractivity contribution in [3.8, 4) is 0 Å². The number of carbonyl (C=O) groups is 1. The molecule has 3 nitrogen and oxygen atoms in total. The first-order valence-corrected chi connectivity index (χ1v) is 5.64. The summed E-state index contributed by atoms with van der Waals surface area (Å²) in [6.45, 7) is 1.94. The van der Waals surface area contributed by atoms with Gasteiger partial charge in [0, 0.05) is 12.6 Å². The van der Waals surface area contributed by atoms with Crippen LogP contribution >= 0.6 is 0 Å². The molecule has 1 amide bonds. The van der Waals surface area contributed by atoms with E-state index in [1.165, 1.54) is 0 Å². The largest absolute Gasteiger partial charge is 0.310 e. The van der Waals surface area contributed by atoms with Gasteiger partial charge in [-0.3, -0.25) is 4.79 Å². The second-order valence-electron chi connectivity index (χ2n) is 4.19. The summed E-state index contributed by atoms with van der Waals surface area (Å²) in [4.78, 5) is 15.9. The zero-order valence-corrected chi connectivity index (χ0v) is 9.44. The van der Waals surface area contributed by atoms with Gasteiger partial charge in [-0.05, 0) is 37.3 Å². The molecule has 0 fully saturated rings. The van der Waals surface area contributed by atoms with E-state index in [9.17, 15) is 4.79 Å². The van der Waals surface area contributed by atoms with Gasteiger partial charge in [-0.15, -0.1) is 0 Å². The molecular formula is C13H16N2O. The van der Waals surface area contributed by atoms with Crippen molar-refractivity contribution >= 4 is 11.7 Å². The second-order valence-corrected chi connectivity index (χ2v) is 4.19. The highest BCUT2D eigenvalue weighted by Crippen LogP contribution is 2.21. The maximum absolute atomic E-state index is 11.7. The maximum atomic E-state index is 11.7. The molecule has 0 radical (unpaired) electrons. The standard InChI is InChI=1S/C13H16N2O/c1-10-5-4-8-14-13(10)15-12(16)9-11-6-2-3-7-11/h2,4-6,8,11H,3,7,9H2,1H3,(H,14,15,16). The molecule has 0 bridgehead atoms. The van der Waals surface area contributed by atoms with Crippen molar-refractivity contribution in [1.82, 2.24) is 4.98 Å². The molecule has 1 atom stereocenters. The summed E-state index contributed by atoms with van der Waals surface area (Å²) < 4.78 is 0. The number of aromatic nitrogens is 1. The van der Waals surface area contributed by atoms with E-state index in [2.05, 4.69) is 22.5 Å². The number of nitrogens with zero attached hydrogens (tertiary/aromatic N) is 1. The van der Waals surface area contributed by atoms with Gasteiger partial charge >= 0.3 is 0 Å². The molecule has 0 spiro atoms. The third-order valence-electron chi connectivity index (χ3n) is 2.83. The first-order valence-electron chi connectivity index (χ1n) is 5.64. The van der Waals surface area contributed by atoms with Crippen LogP contribution in [0.4, 0.5) is 5.82 Å². The fourth-order valence-corrected chi connectivity index (χ4v) is 1.90. The predicted octanol–water partition coefficient (Wildman–Crippen LogP) is 2.68. The van der Waals surface area contributed by atoms with Crippen LogP contribution < -0.4 is 5.32 Å². The van der Waals surface area contributed by atoms with E-state index in [-0.39, 0.29) is 5.91 Å². The SMILES string of the molecule is Cc1cccnc1NC(=O)CC1C=CCC1. The molecule has 84 valence electrons. The van der Waals surface area contributed by atoms with Crippen LogP contribution in [-0.4, -0.2) is 10.9 Å². The van der Waals surface area contributed by atoms with E-state index in [1.807, 2.05) is 19.1 Å². The van der Waals surface area contributed by atoms with Crippen LogP contribution in [0, 0.1) is 12.8 Å². The third kappa shape index (κ3) is 2.69. The van der Waals surface area contributed by atoms with Gasteiger partial charge in [-0.2, -0.15) is 0 Å². The van der Waals surface area contributed by atoms with E-state index < -0.39 is 0 Å². The van der Waals surface area contributed by atoms with Gasteiger partial charge in [0.15, 0.2) is 0 Å². The molecule has 1 N–H and O–H groups in total. The monoisotopic (exact) mass is 216 g/mol. The lowest BCUT2D eigenvalue weighted by atomic mass is 10.1. The fraction of sp³-hybridized carbons (Fsp3) is 0.385. The third-order valence-corrected chi connectivity index (χ3v) is 2.83. The second kappa shape index (κ2) is 4.92. The molecule has 1 aromatic rings. The summed E-state index contributed by atoms with van der Waals surface area (Å²) in [7, 11) is 0. The van der Waals surface area contributed by atoms with Crippen LogP contribution in [0.2, 0.25) is 0 Å². The summed E-state index contributed by atoms with van der Waals surface area (Å²) >= 11 is 0. The predicted molar refractivity (Wildman–Crippen MR) is 64.1 cm³/mol. The smallest absolute Gasteiger partial charge is 0.226 e. The van der Waals surface area contributed by atoms with E-state index >= 15 is 0 Å². The normalized spacial score (nSPS) is 18.7. The fourth-order valence-electron chi connectivity index (χ4n) is 1.90. The van der Waals surface area contributed by atoms with Crippen LogP contribution in [0.25, 0.3) is 0 Å². The van der Waals surface area contributed by atoms with Gasteiger partial charge in [-0.1, -0.05) is 18.2 Å². The Hall–Kier alpha value is -1.64. The van der Waals surface area contributed by atoms with Gasteiger partial charge < -0.3 is 5.32 Å². The molecule has 2 rings (SSSR count). The minimum Gasteiger partial charge on any atom is -0.310 e. The molecule has 1 aliphatic rings. The average Bonchev–Trinajstić information content (AvgIpc) is 2.74. The summed E-state index contributed by atoms with van der Waals surface area (Å²) in [6.07, 6.45) is 8.72. The highest BCUT2D eigenvalue weighted by atomic mass is 16.1. The molecule has 0 saturated heterocycles. The number of amides is 1. The number of anilines is 1. The Balaban J connectivity index is 1.92. The number of allylic oxidation sites excluding steroid dienone is 2. The number of pyridine rings is 1. The minimum absolute atomic E-state index is 0.0540. The van der Waals surface area contributed by atoms with E-state index in [0.717, 1.165) is 18.4 Å². The highest BCUT2D eigenvalue weighted by Gasteiger charge is 2.14. The molecule has 0 aliphatic heterocycles. The van der Waals surface area contributed by atoms with Crippen LogP contribution in [0.3, 0.4) is 0 Å². The van der Waals surface area contributed by atoms with Crippen molar-refractivity contribution in [1.29, 1.82) is 0 Å². The Kier molecular flexibility index (Phi) is 3.34. The lowest BCUT2D eigenvalue weighted by Gasteiger charge is -2.09. The van der Waals surface area contributed by atoms with Gasteiger partial charge in [0.2, 0.25) is 5.91 Å². The molecule has 3 heteroatoms. The number of aryl methyl sites for hydroxylation is 1. The summed E-state index contributed by atoms with van der Waals surface area (Å²) in [5.41, 5.74) is 0.998. The Morgan fingerprint density at radius 1 is 1.62 bits per heavy atom. The van der Waals surface area contributed by atoms with E-state index in [4.69, 9.17) is 0 Å². The molecule has 1 heterocycles. The summed E-state index contributed by atoms with van der Waals surface area (Å²) in [6, 6.07) is 3.81. The van der Waals surface area contributed by atoms with Crippen LogP contribution in [0.15, 0.2) is 30.5 Å². The molecule has 1 aliphatic carbocycles. The topological polar surface area (TPSA) is 42.0 Å². The number of nitrogens with one attached hydrogen (secondary N) is 1. The van der Waals surface area contributed by atoms with E-state index in [1.54, 1.807) is 6.20 Å². The van der Waals surface area contributed by atoms with Crippen LogP contribution in [0.1, 0.15) is 24.8 Å². The van der Waals surface area contributed by atoms with Crippen molar-refractivity contribution in [2.45, 2.75) is 26.2 Å². The van der Waals surface area contributed by atoms with Crippen LogP contribution in [0.5, 0.6) is 0 Å². The first-order chi connectivity index (χ1) is 7.75. The molecule has 0 saturated carbocycles. The quantitative estimate of drug-likeness (QED) is 0.789. The summed E-state index contributed by atoms with van der Waals surface area (Å²) in [5, 5.41) is 2.85. The Morgan fingerprint density at radius 3 is 3.19 bits per heavy atom. The Labute approximate surface area is 95.6 Å².